The van der Waals surface area contributed by atoms with Gasteiger partial charge in [-0.25, -0.2) is 19.4 Å². The van der Waals surface area contributed by atoms with Crippen molar-refractivity contribution in [1.29, 1.82) is 0 Å². The zero-order valence-corrected chi connectivity index (χ0v) is 30.1. The summed E-state index contributed by atoms with van der Waals surface area (Å²) in [6.45, 7) is 7.03. The monoisotopic (exact) mass is 708 g/mol. The van der Waals surface area contributed by atoms with E-state index in [2.05, 4.69) is 15.6 Å². The third kappa shape index (κ3) is 8.71. The van der Waals surface area contributed by atoms with Crippen molar-refractivity contribution in [2.45, 2.75) is 102 Å². The summed E-state index contributed by atoms with van der Waals surface area (Å²) in [6.07, 6.45) is 6.31. The van der Waals surface area contributed by atoms with E-state index >= 15 is 0 Å². The minimum Gasteiger partial charge on any atom is -0.497 e. The third-order valence-corrected chi connectivity index (χ3v) is 9.24. The Morgan fingerprint density at radius 3 is 2.59 bits per heavy atom. The Labute approximate surface area is 297 Å². The number of carbonyl (C=O) groups excluding carboxylic acids is 5. The Morgan fingerprint density at radius 2 is 1.88 bits per heavy atom. The van der Waals surface area contributed by atoms with Crippen LogP contribution in [0.5, 0.6) is 11.5 Å². The fourth-order valence-electron chi connectivity index (χ4n) is 6.63. The van der Waals surface area contributed by atoms with Gasteiger partial charge in [0.2, 0.25) is 11.8 Å². The van der Waals surface area contributed by atoms with Gasteiger partial charge < -0.3 is 39.2 Å². The maximum Gasteiger partial charge on any atom is 0.408 e. The van der Waals surface area contributed by atoms with Crippen LogP contribution in [-0.4, -0.2) is 96.4 Å². The molecular formula is C37H48N4O10. The van der Waals surface area contributed by atoms with Crippen LogP contribution in [0, 0.1) is 5.92 Å². The molecule has 2 fully saturated rings. The molecule has 51 heavy (non-hydrogen) atoms. The number of fused-ring (bicyclic) bond motifs is 3. The van der Waals surface area contributed by atoms with Crippen LogP contribution in [-0.2, 0) is 28.6 Å². The van der Waals surface area contributed by atoms with Crippen molar-refractivity contribution in [3.63, 3.8) is 0 Å². The second-order valence-corrected chi connectivity index (χ2v) is 14.1. The first kappa shape index (κ1) is 37.4. The highest BCUT2D eigenvalue weighted by Crippen LogP contribution is 2.46. The van der Waals surface area contributed by atoms with E-state index in [0.29, 0.717) is 41.7 Å². The SMILES string of the molecule is CCOC(=O)[C@@]12C[C@H]1/C=C\CCCCC[C@H](NC(=O)OC(C)(C)C)C(=O)N1C[C@H](Oc3cc(C(=O)OC)nc4cc(OC)ccc34)C[C@H]1C(=O)N2. The van der Waals surface area contributed by atoms with Crippen molar-refractivity contribution >= 4 is 40.7 Å². The molecule has 5 rings (SSSR count). The molecule has 3 amide bonds. The van der Waals surface area contributed by atoms with E-state index in [0.717, 1.165) is 19.3 Å². The third-order valence-electron chi connectivity index (χ3n) is 9.24. The van der Waals surface area contributed by atoms with Crippen LogP contribution in [0.4, 0.5) is 4.79 Å². The lowest BCUT2D eigenvalue weighted by Crippen LogP contribution is -2.56. The average molecular weight is 709 g/mol. The van der Waals surface area contributed by atoms with Crippen LogP contribution in [0.15, 0.2) is 36.4 Å². The number of allylic oxidation sites excluding steroid dienone is 1. The molecule has 3 heterocycles. The number of amides is 3. The molecule has 2 N–H and O–H groups in total. The summed E-state index contributed by atoms with van der Waals surface area (Å²) in [7, 11) is 2.76. The number of benzene rings is 1. The summed E-state index contributed by atoms with van der Waals surface area (Å²) in [6, 6.07) is 4.55. The van der Waals surface area contributed by atoms with Gasteiger partial charge in [0, 0.05) is 29.9 Å². The number of hydrogen-bond acceptors (Lipinski definition) is 11. The van der Waals surface area contributed by atoms with Gasteiger partial charge in [-0.3, -0.25) is 9.59 Å². The molecule has 14 nitrogen and oxygen atoms in total. The van der Waals surface area contributed by atoms with Crippen molar-refractivity contribution in [1.82, 2.24) is 20.5 Å². The minimum absolute atomic E-state index is 0.000693. The molecule has 5 atom stereocenters. The standard InChI is InChI=1S/C37H48N4O10/c1-7-49-34(45)37-20-22(37)13-11-9-8-10-12-14-26(39-35(46)51-36(2,3)4)32(43)41-21-24(18-29(41)31(42)40-37)50-30-19-28(33(44)48-6)38-27-17-23(47-5)15-16-25(27)30/h11,13,15-17,19,22,24,26,29H,7-10,12,14,18,20-21H2,1-6H3,(H,39,46)(H,40,42)/b13-11-/t22-,24-,26+,29+,37-/m1/s1. The summed E-state index contributed by atoms with van der Waals surface area (Å²) in [5.74, 6) is -1.65. The highest BCUT2D eigenvalue weighted by Gasteiger charge is 2.62. The predicted octanol–water partition coefficient (Wildman–Crippen LogP) is 4.23. The molecule has 1 aromatic carbocycles. The molecule has 0 unspecified atom stereocenters. The van der Waals surface area contributed by atoms with Gasteiger partial charge in [-0.05, 0) is 65.5 Å². The first-order valence-corrected chi connectivity index (χ1v) is 17.5. The number of alkyl carbamates (subject to hydrolysis) is 1. The molecule has 3 aliphatic rings. The molecule has 1 saturated carbocycles. The number of ether oxygens (including phenoxy) is 5. The van der Waals surface area contributed by atoms with Crippen molar-refractivity contribution in [2.24, 2.45) is 5.92 Å². The normalized spacial score (nSPS) is 26.0. The molecule has 14 heteroatoms. The van der Waals surface area contributed by atoms with Gasteiger partial charge in [0.15, 0.2) is 5.69 Å². The summed E-state index contributed by atoms with van der Waals surface area (Å²) in [5.41, 5.74) is -1.63. The van der Waals surface area contributed by atoms with Crippen molar-refractivity contribution in [3.8, 4) is 11.5 Å². The first-order chi connectivity index (χ1) is 24.3. The number of methoxy groups -OCH3 is 2. The van der Waals surface area contributed by atoms with Gasteiger partial charge in [-0.1, -0.05) is 25.0 Å². The van der Waals surface area contributed by atoms with Crippen molar-refractivity contribution in [2.75, 3.05) is 27.4 Å². The second-order valence-electron chi connectivity index (χ2n) is 14.1. The maximum atomic E-state index is 14.4. The van der Waals surface area contributed by atoms with Gasteiger partial charge >= 0.3 is 18.0 Å². The summed E-state index contributed by atoms with van der Waals surface area (Å²) >= 11 is 0. The van der Waals surface area contributed by atoms with Crippen LogP contribution in [0.25, 0.3) is 10.9 Å². The summed E-state index contributed by atoms with van der Waals surface area (Å²) in [4.78, 5) is 73.2. The number of esters is 2. The van der Waals surface area contributed by atoms with E-state index in [1.165, 1.54) is 25.2 Å². The number of nitrogens with one attached hydrogen (secondary N) is 2. The predicted molar refractivity (Wildman–Crippen MR) is 185 cm³/mol. The largest absolute Gasteiger partial charge is 0.497 e. The van der Waals surface area contributed by atoms with Crippen LogP contribution in [0.1, 0.15) is 83.1 Å². The molecular weight excluding hydrogens is 660 g/mol. The Balaban J connectivity index is 1.50. The van der Waals surface area contributed by atoms with Crippen LogP contribution >= 0.6 is 0 Å². The lowest BCUT2D eigenvalue weighted by atomic mass is 10.0. The van der Waals surface area contributed by atoms with Crippen LogP contribution < -0.4 is 20.1 Å². The fraction of sp³-hybridized carbons (Fsp3) is 0.568. The first-order valence-electron chi connectivity index (χ1n) is 17.5. The number of carbonyl (C=O) groups is 5. The Bertz CT molecular complexity index is 1690. The quantitative estimate of drug-likeness (QED) is 0.240. The van der Waals surface area contributed by atoms with Crippen molar-refractivity contribution < 1.29 is 47.7 Å². The topological polar surface area (TPSA) is 172 Å². The molecule has 0 radical (unpaired) electrons. The lowest BCUT2D eigenvalue weighted by molar-refractivity contribution is -0.150. The molecule has 1 aromatic heterocycles. The highest BCUT2D eigenvalue weighted by atomic mass is 16.6. The number of aromatic nitrogens is 1. The number of hydrogen-bond donors (Lipinski definition) is 2. The second kappa shape index (κ2) is 15.6. The van der Waals surface area contributed by atoms with Gasteiger partial charge in [0.1, 0.15) is 40.8 Å². The Morgan fingerprint density at radius 1 is 1.10 bits per heavy atom. The van der Waals surface area contributed by atoms with E-state index in [1.807, 2.05) is 12.2 Å². The smallest absolute Gasteiger partial charge is 0.408 e. The molecule has 0 bridgehead atoms. The maximum absolute atomic E-state index is 14.4. The zero-order valence-electron chi connectivity index (χ0n) is 30.1. The van der Waals surface area contributed by atoms with Gasteiger partial charge in [0.05, 0.1) is 32.9 Å². The summed E-state index contributed by atoms with van der Waals surface area (Å²) in [5, 5.41) is 6.26. The molecule has 1 saturated heterocycles. The van der Waals surface area contributed by atoms with Gasteiger partial charge in [-0.2, -0.15) is 0 Å². The number of rotatable bonds is 7. The van der Waals surface area contributed by atoms with E-state index in [-0.39, 0.29) is 31.2 Å². The van der Waals surface area contributed by atoms with Gasteiger partial charge in [0.25, 0.3) is 0 Å². The van der Waals surface area contributed by atoms with Gasteiger partial charge in [-0.15, -0.1) is 0 Å². The molecule has 276 valence electrons. The fourth-order valence-corrected chi connectivity index (χ4v) is 6.63. The molecule has 0 spiro atoms. The Hall–Kier alpha value is -4.88. The van der Waals surface area contributed by atoms with Crippen LogP contribution in [0.3, 0.4) is 0 Å². The number of nitrogens with zero attached hydrogens (tertiary/aromatic N) is 2. The minimum atomic E-state index is -1.25. The van der Waals surface area contributed by atoms with E-state index < -0.39 is 59.2 Å². The zero-order chi connectivity index (χ0) is 36.9. The average Bonchev–Trinajstić information content (AvgIpc) is 3.61. The van der Waals surface area contributed by atoms with E-state index in [1.54, 1.807) is 45.9 Å². The van der Waals surface area contributed by atoms with Crippen molar-refractivity contribution in [3.05, 3.63) is 42.1 Å². The van der Waals surface area contributed by atoms with E-state index in [9.17, 15) is 24.0 Å². The number of pyridine rings is 1. The summed E-state index contributed by atoms with van der Waals surface area (Å²) < 4.78 is 27.6. The molecule has 1 aliphatic carbocycles. The Kier molecular flexibility index (Phi) is 11.4. The van der Waals surface area contributed by atoms with E-state index in [4.69, 9.17) is 23.7 Å². The lowest BCUT2D eigenvalue weighted by Gasteiger charge is -2.30. The van der Waals surface area contributed by atoms with Crippen LogP contribution in [0.2, 0.25) is 0 Å². The molecule has 2 aliphatic heterocycles. The highest BCUT2D eigenvalue weighted by molar-refractivity contribution is 5.97. The molecule has 2 aromatic rings.